The lowest BCUT2D eigenvalue weighted by Gasteiger charge is -2.28. The first kappa shape index (κ1) is 22.9. The van der Waals surface area contributed by atoms with Gasteiger partial charge < -0.3 is 15.0 Å². The minimum atomic E-state index is -3.75. The molecule has 0 spiro atoms. The number of hydrogen-bond donors (Lipinski definition) is 2. The molecule has 0 aliphatic carbocycles. The molecule has 0 bridgehead atoms. The Balaban J connectivity index is 1.38. The number of carbonyl (C=O) groups is 1. The number of nitrogens with one attached hydrogen (secondary N) is 2. The summed E-state index contributed by atoms with van der Waals surface area (Å²) in [7, 11) is -3.75. The highest BCUT2D eigenvalue weighted by Gasteiger charge is 2.17. The molecule has 4 rings (SSSR count). The first-order chi connectivity index (χ1) is 16.0. The molecule has 1 aliphatic heterocycles. The lowest BCUT2D eigenvalue weighted by atomic mass is 10.2. The van der Waals surface area contributed by atoms with Crippen molar-refractivity contribution in [2.24, 2.45) is 0 Å². The van der Waals surface area contributed by atoms with Crippen LogP contribution < -0.4 is 14.9 Å². The molecule has 2 heterocycles. The summed E-state index contributed by atoms with van der Waals surface area (Å²) >= 11 is 0. The number of benzene rings is 2. The summed E-state index contributed by atoms with van der Waals surface area (Å²) < 4.78 is 33.3. The van der Waals surface area contributed by atoms with E-state index in [2.05, 4.69) is 19.9 Å². The third-order valence-electron chi connectivity index (χ3n) is 5.31. The summed E-state index contributed by atoms with van der Waals surface area (Å²) in [6, 6.07) is 19.1. The first-order valence-electron chi connectivity index (χ1n) is 10.7. The summed E-state index contributed by atoms with van der Waals surface area (Å²) in [6.07, 6.45) is 1.72. The highest BCUT2D eigenvalue weighted by atomic mass is 32.2. The molecule has 2 N–H and O–H groups in total. The van der Waals surface area contributed by atoms with Crippen molar-refractivity contribution in [1.29, 1.82) is 0 Å². The third-order valence-corrected chi connectivity index (χ3v) is 6.71. The average Bonchev–Trinajstić information content (AvgIpc) is 2.87. The van der Waals surface area contributed by atoms with Crippen molar-refractivity contribution in [3.05, 3.63) is 89.6 Å². The molecule has 1 aliphatic rings. The van der Waals surface area contributed by atoms with Crippen molar-refractivity contribution >= 4 is 21.7 Å². The maximum atomic E-state index is 12.7. The number of nitrogens with zero attached hydrogens (tertiary/aromatic N) is 2. The Morgan fingerprint density at radius 3 is 2.52 bits per heavy atom. The van der Waals surface area contributed by atoms with Crippen molar-refractivity contribution in [3.8, 4) is 0 Å². The van der Waals surface area contributed by atoms with Crippen LogP contribution in [0.4, 0.5) is 5.82 Å². The van der Waals surface area contributed by atoms with Gasteiger partial charge in [-0.15, -0.1) is 0 Å². The highest BCUT2D eigenvalue weighted by Crippen LogP contribution is 2.15. The zero-order chi connectivity index (χ0) is 23.1. The van der Waals surface area contributed by atoms with Gasteiger partial charge in [0.2, 0.25) is 10.0 Å². The molecule has 33 heavy (non-hydrogen) atoms. The molecular formula is C24H26N4O4S. The van der Waals surface area contributed by atoms with Gasteiger partial charge in [0.25, 0.3) is 5.91 Å². The van der Waals surface area contributed by atoms with Crippen LogP contribution in [0.1, 0.15) is 21.5 Å². The molecule has 1 saturated heterocycles. The van der Waals surface area contributed by atoms with E-state index < -0.39 is 10.0 Å². The van der Waals surface area contributed by atoms with Crippen molar-refractivity contribution in [2.45, 2.75) is 18.0 Å². The Morgan fingerprint density at radius 1 is 0.939 bits per heavy atom. The molecule has 1 aromatic heterocycles. The number of pyridine rings is 1. The zero-order valence-corrected chi connectivity index (χ0v) is 18.9. The Hall–Kier alpha value is -3.27. The number of amides is 1. The van der Waals surface area contributed by atoms with Crippen LogP contribution in [0, 0.1) is 0 Å². The molecule has 3 aromatic rings. The van der Waals surface area contributed by atoms with E-state index in [0.29, 0.717) is 19.8 Å². The Kier molecular flexibility index (Phi) is 7.33. The second-order valence-electron chi connectivity index (χ2n) is 7.64. The monoisotopic (exact) mass is 466 g/mol. The van der Waals surface area contributed by atoms with Gasteiger partial charge in [-0.1, -0.05) is 36.4 Å². The van der Waals surface area contributed by atoms with Crippen LogP contribution in [0.3, 0.4) is 0 Å². The topological polar surface area (TPSA) is 101 Å². The summed E-state index contributed by atoms with van der Waals surface area (Å²) in [5, 5.41) is 2.86. The fourth-order valence-corrected chi connectivity index (χ4v) is 4.55. The fourth-order valence-electron chi connectivity index (χ4n) is 3.48. The maximum Gasteiger partial charge on any atom is 0.251 e. The van der Waals surface area contributed by atoms with Crippen molar-refractivity contribution in [3.63, 3.8) is 0 Å². The highest BCUT2D eigenvalue weighted by molar-refractivity contribution is 7.89. The summed E-state index contributed by atoms with van der Waals surface area (Å²) in [4.78, 5) is 19.3. The third kappa shape index (κ3) is 6.16. The van der Waals surface area contributed by atoms with E-state index in [1.54, 1.807) is 18.3 Å². The van der Waals surface area contributed by atoms with Crippen LogP contribution in [0.5, 0.6) is 0 Å². The summed E-state index contributed by atoms with van der Waals surface area (Å²) in [6.45, 7) is 3.38. The molecular weight excluding hydrogens is 440 g/mol. The Labute approximate surface area is 193 Å². The molecule has 172 valence electrons. The number of hydrogen-bond acceptors (Lipinski definition) is 6. The van der Waals surface area contributed by atoms with Gasteiger partial charge in [0.1, 0.15) is 5.82 Å². The van der Waals surface area contributed by atoms with Crippen LogP contribution in [0.15, 0.2) is 77.8 Å². The van der Waals surface area contributed by atoms with Crippen LogP contribution in [-0.4, -0.2) is 45.6 Å². The van der Waals surface area contributed by atoms with Gasteiger partial charge in [-0.25, -0.2) is 18.1 Å². The van der Waals surface area contributed by atoms with Crippen LogP contribution in [0.25, 0.3) is 0 Å². The molecule has 0 atom stereocenters. The van der Waals surface area contributed by atoms with E-state index in [4.69, 9.17) is 4.74 Å². The second kappa shape index (κ2) is 10.6. The fraction of sp³-hybridized carbons (Fsp3) is 0.250. The van der Waals surface area contributed by atoms with E-state index in [1.165, 1.54) is 12.1 Å². The molecule has 2 aromatic carbocycles. The maximum absolute atomic E-state index is 12.7. The predicted molar refractivity (Wildman–Crippen MR) is 125 cm³/mol. The van der Waals surface area contributed by atoms with E-state index in [9.17, 15) is 13.2 Å². The number of rotatable bonds is 8. The standard InChI is InChI=1S/C24H26N4O4S/c29-24(26-17-20-9-10-25-23(15-20)28-11-13-32-14-12-28)21-7-4-8-22(16-21)33(30,31)27-18-19-5-2-1-3-6-19/h1-10,15-16,27H,11-14,17-18H2,(H,26,29). The average molecular weight is 467 g/mol. The van der Waals surface area contributed by atoms with Gasteiger partial charge in [-0.2, -0.15) is 0 Å². The van der Waals surface area contributed by atoms with Gasteiger partial charge in [-0.05, 0) is 41.5 Å². The van der Waals surface area contributed by atoms with Gasteiger partial charge in [0, 0.05) is 37.9 Å². The molecule has 8 nitrogen and oxygen atoms in total. The minimum absolute atomic E-state index is 0.0459. The largest absolute Gasteiger partial charge is 0.378 e. The molecule has 0 radical (unpaired) electrons. The van der Waals surface area contributed by atoms with E-state index >= 15 is 0 Å². The molecule has 1 amide bonds. The number of carbonyl (C=O) groups excluding carboxylic acids is 1. The van der Waals surface area contributed by atoms with E-state index in [-0.39, 0.29) is 22.9 Å². The Bertz CT molecular complexity index is 1200. The van der Waals surface area contributed by atoms with Gasteiger partial charge in [0.05, 0.1) is 18.1 Å². The Morgan fingerprint density at radius 2 is 1.73 bits per heavy atom. The quantitative estimate of drug-likeness (QED) is 0.529. The van der Waals surface area contributed by atoms with Gasteiger partial charge >= 0.3 is 0 Å². The van der Waals surface area contributed by atoms with Crippen LogP contribution in [0.2, 0.25) is 0 Å². The molecule has 0 unspecified atom stereocenters. The lowest BCUT2D eigenvalue weighted by molar-refractivity contribution is 0.0950. The van der Waals surface area contributed by atoms with Gasteiger partial charge in [-0.3, -0.25) is 4.79 Å². The number of anilines is 1. The van der Waals surface area contributed by atoms with Crippen molar-refractivity contribution < 1.29 is 17.9 Å². The zero-order valence-electron chi connectivity index (χ0n) is 18.1. The molecule has 1 fully saturated rings. The predicted octanol–water partition coefficient (Wildman–Crippen LogP) is 2.33. The minimum Gasteiger partial charge on any atom is -0.378 e. The lowest BCUT2D eigenvalue weighted by Crippen LogP contribution is -2.36. The van der Waals surface area contributed by atoms with Crippen molar-refractivity contribution in [2.75, 3.05) is 31.2 Å². The summed E-state index contributed by atoms with van der Waals surface area (Å²) in [5.74, 6) is 0.502. The molecule has 9 heteroatoms. The second-order valence-corrected chi connectivity index (χ2v) is 9.41. The number of sulfonamides is 1. The number of ether oxygens (including phenoxy) is 1. The number of aromatic nitrogens is 1. The first-order valence-corrected chi connectivity index (χ1v) is 12.2. The smallest absolute Gasteiger partial charge is 0.251 e. The SMILES string of the molecule is O=C(NCc1ccnc(N2CCOCC2)c1)c1cccc(S(=O)(=O)NCc2ccccc2)c1. The van der Waals surface area contributed by atoms with Gasteiger partial charge in [0.15, 0.2) is 0 Å². The summed E-state index contributed by atoms with van der Waals surface area (Å²) in [5.41, 5.74) is 2.04. The van der Waals surface area contributed by atoms with Crippen LogP contribution in [-0.2, 0) is 27.8 Å². The van der Waals surface area contributed by atoms with E-state index in [0.717, 1.165) is 30.0 Å². The number of morpholine rings is 1. The van der Waals surface area contributed by atoms with Crippen molar-refractivity contribution in [1.82, 2.24) is 15.0 Å². The van der Waals surface area contributed by atoms with E-state index in [1.807, 2.05) is 42.5 Å². The normalized spacial score (nSPS) is 14.1. The molecule has 0 saturated carbocycles. The van der Waals surface area contributed by atoms with Crippen LogP contribution >= 0.6 is 0 Å².